The largest absolute Gasteiger partial charge is 0.493 e. The minimum absolute atomic E-state index is 0.397. The standard InChI is InChI=1S/C17H23NO3/c1-4-13-6-9-16(17(10-13)19-3)20-12-15-8-7-14(21-15)11-18-5-2/h6-10,18H,4-5,11-12H2,1-3H3. The Bertz CT molecular complexity index is 563. The maximum atomic E-state index is 5.79. The number of ether oxygens (including phenoxy) is 2. The second kappa shape index (κ2) is 7.74. The van der Waals surface area contributed by atoms with Crippen molar-refractivity contribution in [2.75, 3.05) is 13.7 Å². The Balaban J connectivity index is 1.97. The molecule has 1 N–H and O–H groups in total. The monoisotopic (exact) mass is 289 g/mol. The Labute approximate surface area is 126 Å². The molecular weight excluding hydrogens is 266 g/mol. The average molecular weight is 289 g/mol. The fourth-order valence-corrected chi connectivity index (χ4v) is 2.04. The lowest BCUT2D eigenvalue weighted by atomic mass is 10.1. The van der Waals surface area contributed by atoms with Crippen LogP contribution in [-0.2, 0) is 19.6 Å². The van der Waals surface area contributed by atoms with Crippen molar-refractivity contribution < 1.29 is 13.9 Å². The zero-order valence-electron chi connectivity index (χ0n) is 12.9. The SMILES string of the molecule is CCNCc1ccc(COc2ccc(CC)cc2OC)o1. The number of hydrogen-bond acceptors (Lipinski definition) is 4. The maximum absolute atomic E-state index is 5.79. The predicted molar refractivity (Wildman–Crippen MR) is 82.8 cm³/mol. The topological polar surface area (TPSA) is 43.6 Å². The second-order valence-electron chi connectivity index (χ2n) is 4.78. The molecule has 0 bridgehead atoms. The van der Waals surface area contributed by atoms with Crippen LogP contribution in [0.2, 0.25) is 0 Å². The van der Waals surface area contributed by atoms with Crippen molar-refractivity contribution in [3.8, 4) is 11.5 Å². The molecule has 1 heterocycles. The Kier molecular flexibility index (Phi) is 5.69. The Morgan fingerprint density at radius 3 is 2.57 bits per heavy atom. The minimum atomic E-state index is 0.397. The van der Waals surface area contributed by atoms with Gasteiger partial charge in [-0.1, -0.05) is 19.9 Å². The zero-order valence-corrected chi connectivity index (χ0v) is 12.9. The lowest BCUT2D eigenvalue weighted by molar-refractivity contribution is 0.252. The quantitative estimate of drug-likeness (QED) is 0.807. The summed E-state index contributed by atoms with van der Waals surface area (Å²) in [6.45, 7) is 6.25. The molecule has 2 rings (SSSR count). The maximum Gasteiger partial charge on any atom is 0.161 e. The van der Waals surface area contributed by atoms with E-state index < -0.39 is 0 Å². The van der Waals surface area contributed by atoms with Gasteiger partial charge < -0.3 is 19.2 Å². The van der Waals surface area contributed by atoms with Crippen molar-refractivity contribution in [1.82, 2.24) is 5.32 Å². The molecule has 1 aromatic carbocycles. The highest BCUT2D eigenvalue weighted by Crippen LogP contribution is 2.29. The van der Waals surface area contributed by atoms with Crippen molar-refractivity contribution in [3.63, 3.8) is 0 Å². The number of methoxy groups -OCH3 is 1. The number of nitrogens with one attached hydrogen (secondary N) is 1. The highest BCUT2D eigenvalue weighted by atomic mass is 16.5. The summed E-state index contributed by atoms with van der Waals surface area (Å²) in [6.07, 6.45) is 0.975. The van der Waals surface area contributed by atoms with Crippen LogP contribution in [0, 0.1) is 0 Å². The molecule has 0 fully saturated rings. The molecular formula is C17H23NO3. The van der Waals surface area contributed by atoms with Crippen LogP contribution < -0.4 is 14.8 Å². The van der Waals surface area contributed by atoms with Gasteiger partial charge in [0.2, 0.25) is 0 Å². The Morgan fingerprint density at radius 2 is 1.86 bits per heavy atom. The van der Waals surface area contributed by atoms with Gasteiger partial charge in [-0.2, -0.15) is 0 Å². The molecule has 114 valence electrons. The molecule has 1 aromatic heterocycles. The first kappa shape index (κ1) is 15.4. The van der Waals surface area contributed by atoms with Gasteiger partial charge in [-0.25, -0.2) is 0 Å². The molecule has 0 radical (unpaired) electrons. The summed E-state index contributed by atoms with van der Waals surface area (Å²) < 4.78 is 16.9. The number of benzene rings is 1. The van der Waals surface area contributed by atoms with Crippen molar-refractivity contribution in [3.05, 3.63) is 47.4 Å². The van der Waals surface area contributed by atoms with E-state index in [1.54, 1.807) is 7.11 Å². The van der Waals surface area contributed by atoms with Gasteiger partial charge in [-0.3, -0.25) is 0 Å². The first-order valence-corrected chi connectivity index (χ1v) is 7.34. The summed E-state index contributed by atoms with van der Waals surface area (Å²) >= 11 is 0. The van der Waals surface area contributed by atoms with Gasteiger partial charge in [0.1, 0.15) is 18.1 Å². The number of rotatable bonds is 8. The highest BCUT2D eigenvalue weighted by molar-refractivity contribution is 5.43. The fourth-order valence-electron chi connectivity index (χ4n) is 2.04. The third-order valence-corrected chi connectivity index (χ3v) is 3.27. The van der Waals surface area contributed by atoms with E-state index in [1.807, 2.05) is 24.3 Å². The summed E-state index contributed by atoms with van der Waals surface area (Å²) in [6, 6.07) is 9.92. The molecule has 0 spiro atoms. The van der Waals surface area contributed by atoms with Gasteiger partial charge >= 0.3 is 0 Å². The minimum Gasteiger partial charge on any atom is -0.493 e. The summed E-state index contributed by atoms with van der Waals surface area (Å²) in [5.74, 6) is 3.22. The van der Waals surface area contributed by atoms with Gasteiger partial charge in [0.05, 0.1) is 13.7 Å². The third-order valence-electron chi connectivity index (χ3n) is 3.27. The molecule has 4 heteroatoms. The van der Waals surface area contributed by atoms with Crippen LogP contribution in [-0.4, -0.2) is 13.7 Å². The zero-order chi connectivity index (χ0) is 15.1. The van der Waals surface area contributed by atoms with Crippen molar-refractivity contribution >= 4 is 0 Å². The smallest absolute Gasteiger partial charge is 0.161 e. The number of hydrogen-bond donors (Lipinski definition) is 1. The molecule has 0 aliphatic rings. The molecule has 0 aliphatic carbocycles. The van der Waals surface area contributed by atoms with Gasteiger partial charge in [0, 0.05) is 0 Å². The van der Waals surface area contributed by atoms with Crippen LogP contribution in [0.4, 0.5) is 0 Å². The summed E-state index contributed by atoms with van der Waals surface area (Å²) in [7, 11) is 1.66. The second-order valence-corrected chi connectivity index (χ2v) is 4.78. The fraction of sp³-hybridized carbons (Fsp3) is 0.412. The Morgan fingerprint density at radius 1 is 1.05 bits per heavy atom. The Hall–Kier alpha value is -1.94. The van der Waals surface area contributed by atoms with Gasteiger partial charge in [-0.05, 0) is 42.8 Å². The molecule has 0 aliphatic heterocycles. The van der Waals surface area contributed by atoms with Crippen molar-refractivity contribution in [1.29, 1.82) is 0 Å². The van der Waals surface area contributed by atoms with Crippen LogP contribution in [0.3, 0.4) is 0 Å². The molecule has 0 unspecified atom stereocenters. The van der Waals surface area contributed by atoms with Crippen LogP contribution >= 0.6 is 0 Å². The molecule has 21 heavy (non-hydrogen) atoms. The third kappa shape index (κ3) is 4.26. The predicted octanol–water partition coefficient (Wildman–Crippen LogP) is 3.54. The first-order valence-electron chi connectivity index (χ1n) is 7.34. The summed E-state index contributed by atoms with van der Waals surface area (Å²) in [4.78, 5) is 0. The van der Waals surface area contributed by atoms with E-state index in [2.05, 4.69) is 25.2 Å². The van der Waals surface area contributed by atoms with E-state index in [-0.39, 0.29) is 0 Å². The normalized spacial score (nSPS) is 10.6. The van der Waals surface area contributed by atoms with E-state index in [0.717, 1.165) is 42.5 Å². The van der Waals surface area contributed by atoms with Gasteiger partial charge in [0.15, 0.2) is 11.5 Å². The van der Waals surface area contributed by atoms with Gasteiger partial charge in [0.25, 0.3) is 0 Å². The van der Waals surface area contributed by atoms with Crippen molar-refractivity contribution in [2.24, 2.45) is 0 Å². The molecule has 0 saturated carbocycles. The van der Waals surface area contributed by atoms with Crippen LogP contribution in [0.25, 0.3) is 0 Å². The lowest BCUT2D eigenvalue weighted by Crippen LogP contribution is -2.10. The van der Waals surface area contributed by atoms with E-state index in [9.17, 15) is 0 Å². The molecule has 0 saturated heterocycles. The molecule has 0 atom stereocenters. The molecule has 0 amide bonds. The highest BCUT2D eigenvalue weighted by Gasteiger charge is 2.07. The summed E-state index contributed by atoms with van der Waals surface area (Å²) in [5.41, 5.74) is 1.23. The van der Waals surface area contributed by atoms with E-state index in [1.165, 1.54) is 5.56 Å². The van der Waals surface area contributed by atoms with Crippen LogP contribution in [0.1, 0.15) is 30.9 Å². The average Bonchev–Trinajstić information content (AvgIpc) is 2.98. The van der Waals surface area contributed by atoms with Crippen LogP contribution in [0.15, 0.2) is 34.7 Å². The van der Waals surface area contributed by atoms with E-state index in [0.29, 0.717) is 6.61 Å². The lowest BCUT2D eigenvalue weighted by Gasteiger charge is -2.11. The molecule has 4 nitrogen and oxygen atoms in total. The van der Waals surface area contributed by atoms with Crippen molar-refractivity contribution in [2.45, 2.75) is 33.4 Å². The number of furan rings is 1. The number of aryl methyl sites for hydroxylation is 1. The van der Waals surface area contributed by atoms with Gasteiger partial charge in [-0.15, -0.1) is 0 Å². The van der Waals surface area contributed by atoms with E-state index >= 15 is 0 Å². The molecule has 2 aromatic rings. The summed E-state index contributed by atoms with van der Waals surface area (Å²) in [5, 5.41) is 3.23. The first-order chi connectivity index (χ1) is 10.3. The van der Waals surface area contributed by atoms with Crippen LogP contribution in [0.5, 0.6) is 11.5 Å². The van der Waals surface area contributed by atoms with E-state index in [4.69, 9.17) is 13.9 Å².